The molecule has 8 nitrogen and oxygen atoms in total. The molecule has 0 fully saturated rings. The SMILES string of the molecule is COc1cccc(CN(C(=O)CN(c2ccccc2C)S(C)(=O)=O)[C@H](Cc2ccccc2)C(=O)NC(C)(C)C)c1. The van der Waals surface area contributed by atoms with Gasteiger partial charge < -0.3 is 15.0 Å². The van der Waals surface area contributed by atoms with E-state index in [1.807, 2.05) is 69.3 Å². The molecule has 0 saturated carbocycles. The number of benzene rings is 3. The summed E-state index contributed by atoms with van der Waals surface area (Å²) in [6.07, 6.45) is 1.33. The number of ether oxygens (including phenoxy) is 1. The Morgan fingerprint density at radius 1 is 0.925 bits per heavy atom. The lowest BCUT2D eigenvalue weighted by molar-refractivity contribution is -0.140. The van der Waals surface area contributed by atoms with Crippen LogP contribution < -0.4 is 14.4 Å². The number of anilines is 1. The van der Waals surface area contributed by atoms with Crippen molar-refractivity contribution in [3.63, 3.8) is 0 Å². The molecule has 3 aromatic carbocycles. The van der Waals surface area contributed by atoms with Crippen LogP contribution in [0, 0.1) is 6.92 Å². The summed E-state index contributed by atoms with van der Waals surface area (Å²) in [5, 5.41) is 3.02. The maximum atomic E-state index is 14.2. The summed E-state index contributed by atoms with van der Waals surface area (Å²) in [5.41, 5.74) is 2.20. The second-order valence-electron chi connectivity index (χ2n) is 10.9. The highest BCUT2D eigenvalue weighted by molar-refractivity contribution is 7.92. The molecule has 9 heteroatoms. The normalized spacial score (nSPS) is 12.3. The molecule has 0 aromatic heterocycles. The second kappa shape index (κ2) is 13.0. The van der Waals surface area contributed by atoms with E-state index in [9.17, 15) is 18.0 Å². The van der Waals surface area contributed by atoms with Crippen molar-refractivity contribution in [2.45, 2.75) is 52.2 Å². The molecule has 40 heavy (non-hydrogen) atoms. The fourth-order valence-electron chi connectivity index (χ4n) is 4.41. The molecule has 0 saturated heterocycles. The van der Waals surface area contributed by atoms with Crippen LogP contribution in [-0.4, -0.2) is 56.6 Å². The molecule has 0 spiro atoms. The molecule has 0 aliphatic heterocycles. The van der Waals surface area contributed by atoms with Gasteiger partial charge in [0, 0.05) is 18.5 Å². The average Bonchev–Trinajstić information content (AvgIpc) is 2.88. The van der Waals surface area contributed by atoms with Gasteiger partial charge in [0.25, 0.3) is 0 Å². The van der Waals surface area contributed by atoms with Gasteiger partial charge in [0.1, 0.15) is 18.3 Å². The van der Waals surface area contributed by atoms with Crippen LogP contribution in [0.4, 0.5) is 5.69 Å². The zero-order valence-electron chi connectivity index (χ0n) is 24.0. The summed E-state index contributed by atoms with van der Waals surface area (Å²) in [6, 6.07) is 22.8. The van der Waals surface area contributed by atoms with Gasteiger partial charge in [0.15, 0.2) is 0 Å². The van der Waals surface area contributed by atoms with Crippen LogP contribution in [0.5, 0.6) is 5.75 Å². The molecular formula is C31H39N3O5S. The second-order valence-corrected chi connectivity index (χ2v) is 12.8. The van der Waals surface area contributed by atoms with Crippen LogP contribution in [0.25, 0.3) is 0 Å². The number of para-hydroxylation sites is 1. The number of aryl methyl sites for hydroxylation is 1. The molecule has 0 aliphatic rings. The van der Waals surface area contributed by atoms with Crippen molar-refractivity contribution in [1.82, 2.24) is 10.2 Å². The quantitative estimate of drug-likeness (QED) is 0.374. The molecule has 214 valence electrons. The fourth-order valence-corrected chi connectivity index (χ4v) is 5.32. The molecule has 1 atom stereocenters. The molecular weight excluding hydrogens is 526 g/mol. The minimum absolute atomic E-state index is 0.0798. The summed E-state index contributed by atoms with van der Waals surface area (Å²) >= 11 is 0. The molecule has 2 amide bonds. The monoisotopic (exact) mass is 565 g/mol. The maximum absolute atomic E-state index is 14.2. The van der Waals surface area contributed by atoms with Crippen molar-refractivity contribution in [2.75, 3.05) is 24.2 Å². The summed E-state index contributed by atoms with van der Waals surface area (Å²) in [5.74, 6) is -0.211. The molecule has 1 N–H and O–H groups in total. The third-order valence-electron chi connectivity index (χ3n) is 6.32. The van der Waals surface area contributed by atoms with Gasteiger partial charge in [-0.15, -0.1) is 0 Å². The van der Waals surface area contributed by atoms with Gasteiger partial charge in [0.05, 0.1) is 19.1 Å². The van der Waals surface area contributed by atoms with E-state index in [1.54, 1.807) is 44.4 Å². The van der Waals surface area contributed by atoms with Crippen molar-refractivity contribution in [2.24, 2.45) is 0 Å². The number of rotatable bonds is 11. The lowest BCUT2D eigenvalue weighted by Crippen LogP contribution is -2.56. The molecule has 3 aromatic rings. The van der Waals surface area contributed by atoms with Gasteiger partial charge in [0.2, 0.25) is 21.8 Å². The van der Waals surface area contributed by atoms with Gasteiger partial charge in [-0.1, -0.05) is 60.7 Å². The molecule has 0 heterocycles. The van der Waals surface area contributed by atoms with E-state index in [0.717, 1.165) is 21.7 Å². The number of amides is 2. The van der Waals surface area contributed by atoms with E-state index < -0.39 is 34.1 Å². The van der Waals surface area contributed by atoms with E-state index >= 15 is 0 Å². The third-order valence-corrected chi connectivity index (χ3v) is 7.45. The van der Waals surface area contributed by atoms with Crippen LogP contribution >= 0.6 is 0 Å². The van der Waals surface area contributed by atoms with Crippen LogP contribution in [0.15, 0.2) is 78.9 Å². The third kappa shape index (κ3) is 8.58. The van der Waals surface area contributed by atoms with E-state index in [1.165, 1.54) is 4.90 Å². The minimum Gasteiger partial charge on any atom is -0.497 e. The van der Waals surface area contributed by atoms with E-state index in [2.05, 4.69) is 5.32 Å². The Morgan fingerprint density at radius 2 is 1.55 bits per heavy atom. The number of nitrogens with zero attached hydrogens (tertiary/aromatic N) is 2. The molecule has 3 rings (SSSR count). The van der Waals surface area contributed by atoms with Crippen molar-refractivity contribution in [1.29, 1.82) is 0 Å². The highest BCUT2D eigenvalue weighted by Gasteiger charge is 2.34. The predicted octanol–water partition coefficient (Wildman–Crippen LogP) is 4.32. The number of carbonyl (C=O) groups is 2. The Labute approximate surface area is 238 Å². The summed E-state index contributed by atoms with van der Waals surface area (Å²) in [7, 11) is -2.26. The zero-order chi connectivity index (χ0) is 29.5. The lowest BCUT2D eigenvalue weighted by Gasteiger charge is -2.35. The first-order valence-corrected chi connectivity index (χ1v) is 14.9. The number of methoxy groups -OCH3 is 1. The molecule has 0 unspecified atom stereocenters. The van der Waals surface area contributed by atoms with Crippen LogP contribution in [0.1, 0.15) is 37.5 Å². The lowest BCUT2D eigenvalue weighted by atomic mass is 10.0. The van der Waals surface area contributed by atoms with E-state index in [-0.39, 0.29) is 18.9 Å². The van der Waals surface area contributed by atoms with Crippen molar-refractivity contribution >= 4 is 27.5 Å². The smallest absolute Gasteiger partial charge is 0.244 e. The Kier molecular flexibility index (Phi) is 9.98. The number of sulfonamides is 1. The zero-order valence-corrected chi connectivity index (χ0v) is 24.9. The van der Waals surface area contributed by atoms with Crippen LogP contribution in [0.3, 0.4) is 0 Å². The Balaban J connectivity index is 2.10. The average molecular weight is 566 g/mol. The first kappa shape index (κ1) is 30.7. The van der Waals surface area contributed by atoms with Gasteiger partial charge >= 0.3 is 0 Å². The highest BCUT2D eigenvalue weighted by Crippen LogP contribution is 2.24. The number of nitrogens with one attached hydrogen (secondary N) is 1. The maximum Gasteiger partial charge on any atom is 0.244 e. The minimum atomic E-state index is -3.82. The van der Waals surface area contributed by atoms with Gasteiger partial charge in [-0.2, -0.15) is 0 Å². The summed E-state index contributed by atoms with van der Waals surface area (Å²) < 4.78 is 32.3. The molecule has 0 aliphatic carbocycles. The Hall–Kier alpha value is -3.85. The first-order valence-electron chi connectivity index (χ1n) is 13.1. The summed E-state index contributed by atoms with van der Waals surface area (Å²) in [4.78, 5) is 29.4. The number of hydrogen-bond acceptors (Lipinski definition) is 5. The Bertz CT molecular complexity index is 1420. The molecule has 0 bridgehead atoms. The van der Waals surface area contributed by atoms with E-state index in [4.69, 9.17) is 4.74 Å². The standard InChI is InChI=1S/C31H39N3O5S/c1-23-13-10-11-18-27(23)34(40(6,37)38)22-29(35)33(21-25-16-12-17-26(19-25)39-5)28(30(36)32-31(2,3)4)20-24-14-8-7-9-15-24/h7-19,28H,20-22H2,1-6H3,(H,32,36)/t28-/m1/s1. The van der Waals surface area contributed by atoms with Crippen molar-refractivity contribution in [3.8, 4) is 5.75 Å². The topological polar surface area (TPSA) is 96.0 Å². The van der Waals surface area contributed by atoms with Crippen molar-refractivity contribution < 1.29 is 22.7 Å². The molecule has 0 radical (unpaired) electrons. The van der Waals surface area contributed by atoms with Crippen LogP contribution in [0.2, 0.25) is 0 Å². The van der Waals surface area contributed by atoms with E-state index in [0.29, 0.717) is 17.0 Å². The highest BCUT2D eigenvalue weighted by atomic mass is 32.2. The number of hydrogen-bond donors (Lipinski definition) is 1. The largest absolute Gasteiger partial charge is 0.497 e. The first-order chi connectivity index (χ1) is 18.8. The van der Waals surface area contributed by atoms with Crippen molar-refractivity contribution in [3.05, 3.63) is 95.6 Å². The van der Waals surface area contributed by atoms with Gasteiger partial charge in [-0.05, 0) is 62.6 Å². The fraction of sp³-hybridized carbons (Fsp3) is 0.355. The van der Waals surface area contributed by atoms with Crippen LogP contribution in [-0.2, 0) is 32.6 Å². The predicted molar refractivity (Wildman–Crippen MR) is 159 cm³/mol. The summed E-state index contributed by atoms with van der Waals surface area (Å²) in [6.45, 7) is 7.05. The van der Waals surface area contributed by atoms with Gasteiger partial charge in [-0.3, -0.25) is 13.9 Å². The van der Waals surface area contributed by atoms with Gasteiger partial charge in [-0.25, -0.2) is 8.42 Å². The Morgan fingerprint density at radius 3 is 2.15 bits per heavy atom. The number of carbonyl (C=O) groups excluding carboxylic acids is 2.